The molecule has 1 N–H and O–H groups in total. The number of β-amino-alcohol motifs (C(OH)–C–C–N with tert-alkyl or cyclic N) is 1. The smallest absolute Gasteiger partial charge is 0.0794 e. The number of hydrogen-bond donors (Lipinski definition) is 1. The number of hydrogen-bond acceptors (Lipinski definition) is 3. The van der Waals surface area contributed by atoms with E-state index in [1.165, 1.54) is 5.57 Å². The van der Waals surface area contributed by atoms with Crippen LogP contribution in [0.15, 0.2) is 12.2 Å². The SMILES string of the molecule is C=C1CN(C(C)(C)C)CC(O)CN(C(C)(C)C)C1. The minimum Gasteiger partial charge on any atom is -0.390 e. The van der Waals surface area contributed by atoms with Crippen LogP contribution in [0.25, 0.3) is 0 Å². The van der Waals surface area contributed by atoms with E-state index in [0.717, 1.165) is 26.2 Å². The van der Waals surface area contributed by atoms with Crippen molar-refractivity contribution >= 4 is 0 Å². The van der Waals surface area contributed by atoms with Gasteiger partial charge >= 0.3 is 0 Å². The highest BCUT2D eigenvalue weighted by Crippen LogP contribution is 2.22. The highest BCUT2D eigenvalue weighted by atomic mass is 16.3. The Labute approximate surface area is 112 Å². The Hall–Kier alpha value is -0.380. The third kappa shape index (κ3) is 4.38. The van der Waals surface area contributed by atoms with Crippen molar-refractivity contribution in [2.45, 2.75) is 58.7 Å². The fourth-order valence-electron chi connectivity index (χ4n) is 2.31. The lowest BCUT2D eigenvalue weighted by atomic mass is 9.99. The van der Waals surface area contributed by atoms with E-state index >= 15 is 0 Å². The molecule has 0 aliphatic carbocycles. The van der Waals surface area contributed by atoms with Gasteiger partial charge in [0, 0.05) is 37.3 Å². The summed E-state index contributed by atoms with van der Waals surface area (Å²) in [6.07, 6.45) is -0.295. The molecule has 1 fully saturated rings. The van der Waals surface area contributed by atoms with Gasteiger partial charge in [-0.1, -0.05) is 6.58 Å². The van der Waals surface area contributed by atoms with Crippen LogP contribution in [-0.2, 0) is 0 Å². The fraction of sp³-hybridized carbons (Fsp3) is 0.867. The van der Waals surface area contributed by atoms with Crippen LogP contribution in [0.2, 0.25) is 0 Å². The van der Waals surface area contributed by atoms with Crippen molar-refractivity contribution < 1.29 is 5.11 Å². The second-order valence-corrected chi connectivity index (χ2v) is 7.51. The van der Waals surface area contributed by atoms with Gasteiger partial charge in [-0.25, -0.2) is 0 Å². The van der Waals surface area contributed by atoms with Crippen molar-refractivity contribution in [2.75, 3.05) is 26.2 Å². The highest BCUT2D eigenvalue weighted by molar-refractivity contribution is 5.05. The maximum Gasteiger partial charge on any atom is 0.0794 e. The molecule has 1 heterocycles. The zero-order chi connectivity index (χ0) is 14.1. The lowest BCUT2D eigenvalue weighted by Crippen LogP contribution is -2.55. The van der Waals surface area contributed by atoms with Crippen LogP contribution in [0.1, 0.15) is 41.5 Å². The average Bonchev–Trinajstić information content (AvgIpc) is 2.09. The quantitative estimate of drug-likeness (QED) is 0.671. The minimum atomic E-state index is -0.295. The van der Waals surface area contributed by atoms with Crippen LogP contribution >= 0.6 is 0 Å². The van der Waals surface area contributed by atoms with Gasteiger partial charge in [0.1, 0.15) is 0 Å². The van der Waals surface area contributed by atoms with E-state index in [0.29, 0.717) is 0 Å². The minimum absolute atomic E-state index is 0.0772. The van der Waals surface area contributed by atoms with Gasteiger partial charge in [-0.2, -0.15) is 0 Å². The van der Waals surface area contributed by atoms with Crippen molar-refractivity contribution in [2.24, 2.45) is 0 Å². The first-order valence-corrected chi connectivity index (χ1v) is 6.85. The van der Waals surface area contributed by atoms with Crippen molar-refractivity contribution in [1.29, 1.82) is 0 Å². The second-order valence-electron chi connectivity index (χ2n) is 7.51. The van der Waals surface area contributed by atoms with Gasteiger partial charge in [0.25, 0.3) is 0 Å². The summed E-state index contributed by atoms with van der Waals surface area (Å²) in [6, 6.07) is 0. The van der Waals surface area contributed by atoms with Crippen LogP contribution in [-0.4, -0.2) is 58.3 Å². The fourth-order valence-corrected chi connectivity index (χ4v) is 2.31. The average molecular weight is 254 g/mol. The third-order valence-electron chi connectivity index (χ3n) is 3.59. The van der Waals surface area contributed by atoms with Gasteiger partial charge in [0.05, 0.1) is 6.10 Å². The number of aliphatic hydroxyl groups is 1. The zero-order valence-electron chi connectivity index (χ0n) is 13.0. The third-order valence-corrected chi connectivity index (χ3v) is 3.59. The van der Waals surface area contributed by atoms with Crippen molar-refractivity contribution in [3.63, 3.8) is 0 Å². The molecule has 0 atom stereocenters. The Kier molecular flexibility index (Phi) is 4.63. The normalized spacial score (nSPS) is 22.9. The molecule has 1 rings (SSSR count). The van der Waals surface area contributed by atoms with Gasteiger partial charge in [-0.05, 0) is 47.1 Å². The van der Waals surface area contributed by atoms with Gasteiger partial charge in [0.2, 0.25) is 0 Å². The summed E-state index contributed by atoms with van der Waals surface area (Å²) >= 11 is 0. The molecular formula is C15H30N2O. The first-order chi connectivity index (χ1) is 8.00. The Bertz CT molecular complexity index is 271. The molecule has 0 unspecified atom stereocenters. The molecule has 1 aliphatic rings. The monoisotopic (exact) mass is 254 g/mol. The van der Waals surface area contributed by atoms with Crippen molar-refractivity contribution in [3.05, 3.63) is 12.2 Å². The summed E-state index contributed by atoms with van der Waals surface area (Å²) in [4.78, 5) is 4.64. The second kappa shape index (κ2) is 5.32. The maximum atomic E-state index is 10.3. The van der Waals surface area contributed by atoms with Crippen LogP contribution in [0, 0.1) is 0 Å². The molecule has 0 spiro atoms. The molecule has 0 amide bonds. The molecule has 1 aliphatic heterocycles. The molecule has 1 saturated heterocycles. The Balaban J connectivity index is 2.82. The number of nitrogens with zero attached hydrogens (tertiary/aromatic N) is 2. The number of rotatable bonds is 0. The molecule has 3 nitrogen and oxygen atoms in total. The van der Waals surface area contributed by atoms with E-state index in [9.17, 15) is 5.11 Å². The van der Waals surface area contributed by atoms with Gasteiger partial charge in [-0.15, -0.1) is 0 Å². The molecule has 106 valence electrons. The van der Waals surface area contributed by atoms with E-state index in [1.54, 1.807) is 0 Å². The van der Waals surface area contributed by atoms with Crippen molar-refractivity contribution in [3.8, 4) is 0 Å². The predicted octanol–water partition coefficient (Wildman–Crippen LogP) is 2.12. The molecular weight excluding hydrogens is 224 g/mol. The zero-order valence-corrected chi connectivity index (χ0v) is 13.0. The highest BCUT2D eigenvalue weighted by Gasteiger charge is 2.31. The van der Waals surface area contributed by atoms with E-state index < -0.39 is 0 Å². The van der Waals surface area contributed by atoms with Crippen LogP contribution in [0.3, 0.4) is 0 Å². The predicted molar refractivity (Wildman–Crippen MR) is 77.8 cm³/mol. The van der Waals surface area contributed by atoms with Crippen LogP contribution < -0.4 is 0 Å². The van der Waals surface area contributed by atoms with Crippen LogP contribution in [0.5, 0.6) is 0 Å². The summed E-state index contributed by atoms with van der Waals surface area (Å²) in [5.41, 5.74) is 1.38. The maximum absolute atomic E-state index is 10.3. The molecule has 0 aromatic heterocycles. The molecule has 0 aromatic rings. The van der Waals surface area contributed by atoms with E-state index in [1.807, 2.05) is 0 Å². The molecule has 0 radical (unpaired) electrons. The summed E-state index contributed by atoms with van der Waals surface area (Å²) in [6.45, 7) is 20.5. The Morgan fingerprint density at radius 2 is 1.28 bits per heavy atom. The molecule has 3 heteroatoms. The summed E-state index contributed by atoms with van der Waals surface area (Å²) in [5, 5.41) is 10.3. The lowest BCUT2D eigenvalue weighted by molar-refractivity contribution is 0.00872. The topological polar surface area (TPSA) is 26.7 Å². The standard InChI is InChI=1S/C15H30N2O/c1-12-8-16(14(2,3)4)10-13(18)11-17(9-12)15(5,6)7/h13,18H,1,8-11H2,2-7H3. The summed E-state index contributed by atoms with van der Waals surface area (Å²) in [7, 11) is 0. The number of aliphatic hydroxyl groups excluding tert-OH is 1. The first-order valence-electron chi connectivity index (χ1n) is 6.85. The first kappa shape index (κ1) is 15.7. The Morgan fingerprint density at radius 3 is 1.56 bits per heavy atom. The van der Waals surface area contributed by atoms with E-state index in [-0.39, 0.29) is 17.2 Å². The van der Waals surface area contributed by atoms with E-state index in [2.05, 4.69) is 57.9 Å². The molecule has 0 saturated carbocycles. The van der Waals surface area contributed by atoms with Gasteiger partial charge in [-0.3, -0.25) is 9.80 Å². The summed E-state index contributed by atoms with van der Waals surface area (Å²) < 4.78 is 0. The molecule has 0 aromatic carbocycles. The lowest BCUT2D eigenvalue weighted by Gasteiger charge is -2.44. The summed E-state index contributed by atoms with van der Waals surface area (Å²) in [5.74, 6) is 0. The van der Waals surface area contributed by atoms with Crippen molar-refractivity contribution in [1.82, 2.24) is 9.80 Å². The Morgan fingerprint density at radius 1 is 0.944 bits per heavy atom. The molecule has 0 bridgehead atoms. The van der Waals surface area contributed by atoms with Gasteiger partial charge in [0.15, 0.2) is 0 Å². The van der Waals surface area contributed by atoms with Crippen LogP contribution in [0.4, 0.5) is 0 Å². The molecule has 18 heavy (non-hydrogen) atoms. The van der Waals surface area contributed by atoms with Gasteiger partial charge < -0.3 is 5.11 Å². The largest absolute Gasteiger partial charge is 0.390 e. The van der Waals surface area contributed by atoms with E-state index in [4.69, 9.17) is 0 Å².